The molecule has 0 aromatic heterocycles. The van der Waals surface area contributed by atoms with Gasteiger partial charge in [0.25, 0.3) is 0 Å². The van der Waals surface area contributed by atoms with Gasteiger partial charge >= 0.3 is 11.9 Å². The number of esters is 1. The van der Waals surface area contributed by atoms with Gasteiger partial charge < -0.3 is 9.84 Å². The lowest BCUT2D eigenvalue weighted by molar-refractivity contribution is 0.0554. The molecule has 0 aliphatic rings. The topological polar surface area (TPSA) is 111 Å². The Balaban J connectivity index is 0.000000260. The SMILES string of the molecule is N#CCOC(=O)c1cccc(I)c1.N#CCc1c(I)cccc1C(=O)O. The van der Waals surface area contributed by atoms with E-state index in [0.717, 1.165) is 7.14 Å². The molecule has 0 bridgehead atoms. The van der Waals surface area contributed by atoms with Crippen LogP contribution in [0.5, 0.6) is 0 Å². The first-order valence-corrected chi connectivity index (χ1v) is 9.23. The number of hydrogen-bond donors (Lipinski definition) is 1. The number of benzene rings is 2. The second-order valence-corrected chi connectivity index (χ2v) is 7.06. The van der Waals surface area contributed by atoms with Gasteiger partial charge in [-0.25, -0.2) is 9.59 Å². The molecule has 0 aliphatic carbocycles. The summed E-state index contributed by atoms with van der Waals surface area (Å²) in [5, 5.41) is 25.5. The molecule has 6 nitrogen and oxygen atoms in total. The third-order valence-corrected chi connectivity index (χ3v) is 4.61. The van der Waals surface area contributed by atoms with Gasteiger partial charge in [-0.15, -0.1) is 0 Å². The van der Waals surface area contributed by atoms with E-state index in [2.05, 4.69) is 27.3 Å². The molecule has 1 N–H and O–H groups in total. The summed E-state index contributed by atoms with van der Waals surface area (Å²) < 4.78 is 6.41. The number of carbonyl (C=O) groups excluding carboxylic acids is 1. The second kappa shape index (κ2) is 11.4. The zero-order valence-electron chi connectivity index (χ0n) is 13.3. The third-order valence-electron chi connectivity index (χ3n) is 2.93. The fourth-order valence-electron chi connectivity index (χ4n) is 1.81. The number of halogens is 2. The highest BCUT2D eigenvalue weighted by Crippen LogP contribution is 2.17. The van der Waals surface area contributed by atoms with Gasteiger partial charge in [-0.05, 0) is 81.1 Å². The Kier molecular flexibility index (Phi) is 9.62. The van der Waals surface area contributed by atoms with E-state index >= 15 is 0 Å². The van der Waals surface area contributed by atoms with Crippen LogP contribution in [0.4, 0.5) is 0 Å². The van der Waals surface area contributed by atoms with Crippen LogP contribution in [0.1, 0.15) is 26.3 Å². The van der Waals surface area contributed by atoms with Crippen molar-refractivity contribution in [3.05, 3.63) is 66.3 Å². The van der Waals surface area contributed by atoms with Crippen molar-refractivity contribution in [2.45, 2.75) is 6.42 Å². The molecule has 2 aromatic carbocycles. The van der Waals surface area contributed by atoms with E-state index in [1.165, 1.54) is 6.07 Å². The average molecular weight is 574 g/mol. The van der Waals surface area contributed by atoms with Gasteiger partial charge in [-0.2, -0.15) is 10.5 Å². The smallest absolute Gasteiger partial charge is 0.339 e. The van der Waals surface area contributed by atoms with Gasteiger partial charge in [0.15, 0.2) is 6.61 Å². The van der Waals surface area contributed by atoms with Gasteiger partial charge in [0, 0.05) is 7.14 Å². The maximum atomic E-state index is 11.2. The summed E-state index contributed by atoms with van der Waals surface area (Å²) in [7, 11) is 0. The Labute approximate surface area is 177 Å². The normalized spacial score (nSPS) is 9.08. The van der Waals surface area contributed by atoms with Crippen LogP contribution in [-0.4, -0.2) is 23.7 Å². The summed E-state index contributed by atoms with van der Waals surface area (Å²) in [6, 6.07) is 15.7. The Morgan fingerprint density at radius 3 is 2.35 bits per heavy atom. The molecular formula is C18H12I2N2O4. The Hall–Kier alpha value is -2.18. The predicted octanol–water partition coefficient (Wildman–Crippen LogP) is 4.03. The molecule has 0 radical (unpaired) electrons. The lowest BCUT2D eigenvalue weighted by Crippen LogP contribution is -2.05. The van der Waals surface area contributed by atoms with E-state index in [9.17, 15) is 9.59 Å². The molecule has 0 fully saturated rings. The Morgan fingerprint density at radius 1 is 1.08 bits per heavy atom. The van der Waals surface area contributed by atoms with E-state index in [4.69, 9.17) is 15.6 Å². The minimum atomic E-state index is -0.983. The van der Waals surface area contributed by atoms with Crippen LogP contribution >= 0.6 is 45.2 Å². The van der Waals surface area contributed by atoms with Crippen LogP contribution in [0.2, 0.25) is 0 Å². The van der Waals surface area contributed by atoms with Gasteiger partial charge in [-0.3, -0.25) is 0 Å². The van der Waals surface area contributed by atoms with E-state index in [1.54, 1.807) is 36.4 Å². The van der Waals surface area contributed by atoms with Crippen LogP contribution < -0.4 is 0 Å². The molecular weight excluding hydrogens is 562 g/mol. The van der Waals surface area contributed by atoms with E-state index in [-0.39, 0.29) is 18.6 Å². The van der Waals surface area contributed by atoms with Crippen LogP contribution in [0, 0.1) is 29.8 Å². The van der Waals surface area contributed by atoms with Crippen LogP contribution in [-0.2, 0) is 11.2 Å². The highest BCUT2D eigenvalue weighted by molar-refractivity contribution is 14.1. The molecule has 26 heavy (non-hydrogen) atoms. The zero-order valence-corrected chi connectivity index (χ0v) is 17.6. The number of carbonyl (C=O) groups is 2. The van der Waals surface area contributed by atoms with Crippen molar-refractivity contribution in [1.29, 1.82) is 10.5 Å². The average Bonchev–Trinajstić information content (AvgIpc) is 2.62. The minimum Gasteiger partial charge on any atom is -0.478 e. The lowest BCUT2D eigenvalue weighted by Gasteiger charge is -2.03. The van der Waals surface area contributed by atoms with Crippen molar-refractivity contribution in [2.24, 2.45) is 0 Å². The molecule has 0 aliphatic heterocycles. The molecule has 0 saturated carbocycles. The van der Waals surface area contributed by atoms with E-state index < -0.39 is 11.9 Å². The molecule has 0 heterocycles. The molecule has 0 amide bonds. The predicted molar refractivity (Wildman–Crippen MR) is 110 cm³/mol. The summed E-state index contributed by atoms with van der Waals surface area (Å²) in [5.41, 5.74) is 1.29. The number of ether oxygens (including phenoxy) is 1. The highest BCUT2D eigenvalue weighted by Gasteiger charge is 2.11. The maximum Gasteiger partial charge on any atom is 0.339 e. The summed E-state index contributed by atoms with van der Waals surface area (Å²) in [4.78, 5) is 21.9. The largest absolute Gasteiger partial charge is 0.478 e. The van der Waals surface area contributed by atoms with Crippen molar-refractivity contribution >= 4 is 57.1 Å². The Morgan fingerprint density at radius 2 is 1.77 bits per heavy atom. The van der Waals surface area contributed by atoms with Crippen molar-refractivity contribution in [3.8, 4) is 12.1 Å². The van der Waals surface area contributed by atoms with Gasteiger partial charge in [0.2, 0.25) is 0 Å². The lowest BCUT2D eigenvalue weighted by atomic mass is 10.1. The number of rotatable bonds is 4. The summed E-state index contributed by atoms with van der Waals surface area (Å²) >= 11 is 4.13. The number of hydrogen-bond acceptors (Lipinski definition) is 5. The molecule has 0 spiro atoms. The maximum absolute atomic E-state index is 11.2. The first-order valence-electron chi connectivity index (χ1n) is 7.08. The monoisotopic (exact) mass is 574 g/mol. The quantitative estimate of drug-likeness (QED) is 0.437. The molecule has 0 unspecified atom stereocenters. The van der Waals surface area contributed by atoms with Crippen molar-refractivity contribution in [2.75, 3.05) is 6.61 Å². The van der Waals surface area contributed by atoms with Crippen LogP contribution in [0.3, 0.4) is 0 Å². The van der Waals surface area contributed by atoms with Gasteiger partial charge in [0.05, 0.1) is 23.6 Å². The molecule has 2 aromatic rings. The molecule has 2 rings (SSSR count). The van der Waals surface area contributed by atoms with Crippen molar-refractivity contribution in [1.82, 2.24) is 0 Å². The number of aromatic carboxylic acids is 1. The van der Waals surface area contributed by atoms with Gasteiger partial charge in [-0.1, -0.05) is 12.1 Å². The highest BCUT2D eigenvalue weighted by atomic mass is 127. The fraction of sp³-hybridized carbons (Fsp3) is 0.111. The fourth-order valence-corrected chi connectivity index (χ4v) is 3.05. The van der Waals surface area contributed by atoms with Crippen LogP contribution in [0.25, 0.3) is 0 Å². The molecule has 132 valence electrons. The summed E-state index contributed by atoms with van der Waals surface area (Å²) in [5.74, 6) is -1.44. The van der Waals surface area contributed by atoms with Crippen molar-refractivity contribution < 1.29 is 19.4 Å². The number of nitriles is 2. The standard InChI is InChI=1S/2C9H6INO2/c10-8-3-1-2-7(6-8)9(12)13-5-4-11;10-8-3-1-2-7(9(12)13)6(8)4-5-11/h1-3,6H,5H2;1-3H,4H2,(H,12,13). The number of nitrogens with zero attached hydrogens (tertiary/aromatic N) is 2. The molecule has 0 atom stereocenters. The second-order valence-electron chi connectivity index (χ2n) is 4.65. The van der Waals surface area contributed by atoms with E-state index in [1.807, 2.05) is 34.7 Å². The molecule has 0 saturated heterocycles. The summed E-state index contributed by atoms with van der Waals surface area (Å²) in [6.45, 7) is -0.204. The first-order chi connectivity index (χ1) is 12.4. The van der Waals surface area contributed by atoms with E-state index in [0.29, 0.717) is 11.1 Å². The molecule has 8 heteroatoms. The Bertz CT molecular complexity index is 885. The third kappa shape index (κ3) is 6.98. The first kappa shape index (κ1) is 21.9. The van der Waals surface area contributed by atoms with Crippen LogP contribution in [0.15, 0.2) is 42.5 Å². The zero-order chi connectivity index (χ0) is 19.5. The summed E-state index contributed by atoms with van der Waals surface area (Å²) in [6.07, 6.45) is 0.140. The minimum absolute atomic E-state index is 0.140. The number of carboxylic acid groups (broad SMARTS) is 1. The van der Waals surface area contributed by atoms with Gasteiger partial charge in [0.1, 0.15) is 6.07 Å². The number of carboxylic acids is 1. The van der Waals surface area contributed by atoms with Crippen molar-refractivity contribution in [3.63, 3.8) is 0 Å².